The van der Waals surface area contributed by atoms with Crippen LogP contribution in [0, 0.1) is 0 Å². The van der Waals surface area contributed by atoms with Crippen molar-refractivity contribution in [1.82, 2.24) is 4.57 Å². The van der Waals surface area contributed by atoms with Crippen LogP contribution in [0.25, 0.3) is 10.9 Å². The van der Waals surface area contributed by atoms with Gasteiger partial charge in [-0.2, -0.15) is 0 Å². The lowest BCUT2D eigenvalue weighted by Crippen LogP contribution is -1.98. The number of nitrogens with zero attached hydrogens (tertiary/aromatic N) is 1. The second kappa shape index (κ2) is 6.14. The SMILES string of the molecule is COc1cccc(OCc2cn(C(C)C)c3ccccc23)c1. The fourth-order valence-corrected chi connectivity index (χ4v) is 2.67. The zero-order valence-corrected chi connectivity index (χ0v) is 13.2. The first-order chi connectivity index (χ1) is 10.7. The van der Waals surface area contributed by atoms with Crippen LogP contribution in [-0.2, 0) is 6.61 Å². The molecule has 22 heavy (non-hydrogen) atoms. The van der Waals surface area contributed by atoms with Crippen molar-refractivity contribution in [2.75, 3.05) is 7.11 Å². The third-order valence-corrected chi connectivity index (χ3v) is 3.81. The van der Waals surface area contributed by atoms with E-state index in [0.29, 0.717) is 12.6 Å². The van der Waals surface area contributed by atoms with E-state index in [1.807, 2.05) is 24.3 Å². The summed E-state index contributed by atoms with van der Waals surface area (Å²) in [6.45, 7) is 4.94. The number of para-hydroxylation sites is 1. The molecule has 2 aromatic carbocycles. The Balaban J connectivity index is 1.87. The van der Waals surface area contributed by atoms with Crippen LogP contribution in [0.2, 0.25) is 0 Å². The average molecular weight is 295 g/mol. The second-order valence-corrected chi connectivity index (χ2v) is 5.64. The van der Waals surface area contributed by atoms with E-state index in [2.05, 4.69) is 48.9 Å². The first kappa shape index (κ1) is 14.5. The van der Waals surface area contributed by atoms with Crippen LogP contribution in [0.4, 0.5) is 0 Å². The lowest BCUT2D eigenvalue weighted by atomic mass is 10.2. The number of aromatic nitrogens is 1. The van der Waals surface area contributed by atoms with Gasteiger partial charge in [0.25, 0.3) is 0 Å². The van der Waals surface area contributed by atoms with Crippen molar-refractivity contribution in [3.63, 3.8) is 0 Å². The van der Waals surface area contributed by atoms with Crippen molar-refractivity contribution >= 4 is 10.9 Å². The molecule has 0 radical (unpaired) electrons. The first-order valence-electron chi connectivity index (χ1n) is 7.54. The molecular weight excluding hydrogens is 274 g/mol. The molecule has 0 fully saturated rings. The summed E-state index contributed by atoms with van der Waals surface area (Å²) in [7, 11) is 1.66. The Morgan fingerprint density at radius 2 is 1.77 bits per heavy atom. The predicted octanol–water partition coefficient (Wildman–Crippen LogP) is 4.81. The lowest BCUT2D eigenvalue weighted by Gasteiger charge is -2.08. The van der Waals surface area contributed by atoms with Gasteiger partial charge in [-0.15, -0.1) is 0 Å². The summed E-state index contributed by atoms with van der Waals surface area (Å²) in [5.41, 5.74) is 2.45. The van der Waals surface area contributed by atoms with Crippen LogP contribution in [0.15, 0.2) is 54.7 Å². The third kappa shape index (κ3) is 2.80. The van der Waals surface area contributed by atoms with Crippen molar-refractivity contribution in [1.29, 1.82) is 0 Å². The molecule has 1 heterocycles. The van der Waals surface area contributed by atoms with Crippen molar-refractivity contribution < 1.29 is 9.47 Å². The van der Waals surface area contributed by atoms with Gasteiger partial charge in [-0.25, -0.2) is 0 Å². The van der Waals surface area contributed by atoms with E-state index < -0.39 is 0 Å². The molecule has 0 unspecified atom stereocenters. The molecule has 0 aliphatic carbocycles. The number of fused-ring (bicyclic) bond motifs is 1. The fraction of sp³-hybridized carbons (Fsp3) is 0.263. The van der Waals surface area contributed by atoms with Gasteiger partial charge in [-0.05, 0) is 32.0 Å². The number of methoxy groups -OCH3 is 1. The van der Waals surface area contributed by atoms with Crippen molar-refractivity contribution in [2.45, 2.75) is 26.5 Å². The highest BCUT2D eigenvalue weighted by Gasteiger charge is 2.10. The normalized spacial score (nSPS) is 11.1. The molecule has 3 aromatic rings. The maximum absolute atomic E-state index is 5.94. The molecule has 3 nitrogen and oxygen atoms in total. The van der Waals surface area contributed by atoms with E-state index >= 15 is 0 Å². The smallest absolute Gasteiger partial charge is 0.123 e. The van der Waals surface area contributed by atoms with Crippen LogP contribution in [0.3, 0.4) is 0 Å². The molecule has 0 atom stereocenters. The number of rotatable bonds is 5. The quantitative estimate of drug-likeness (QED) is 0.674. The zero-order chi connectivity index (χ0) is 15.5. The van der Waals surface area contributed by atoms with Gasteiger partial charge in [0, 0.05) is 34.8 Å². The van der Waals surface area contributed by atoms with E-state index in [-0.39, 0.29) is 0 Å². The van der Waals surface area contributed by atoms with Gasteiger partial charge in [0.2, 0.25) is 0 Å². The maximum atomic E-state index is 5.94. The van der Waals surface area contributed by atoms with Gasteiger partial charge in [0.1, 0.15) is 18.1 Å². The number of hydrogen-bond acceptors (Lipinski definition) is 2. The van der Waals surface area contributed by atoms with Crippen LogP contribution in [0.1, 0.15) is 25.5 Å². The highest BCUT2D eigenvalue weighted by molar-refractivity contribution is 5.84. The molecule has 0 aliphatic rings. The molecule has 1 aromatic heterocycles. The molecule has 0 saturated heterocycles. The minimum atomic E-state index is 0.426. The minimum Gasteiger partial charge on any atom is -0.497 e. The molecule has 3 rings (SSSR count). The standard InChI is InChI=1S/C19H21NO2/c1-14(2)20-12-15(18-9-4-5-10-19(18)20)13-22-17-8-6-7-16(11-17)21-3/h4-12,14H,13H2,1-3H3. The molecular formula is C19H21NO2. The van der Waals surface area contributed by atoms with Gasteiger partial charge in [-0.3, -0.25) is 0 Å². The molecule has 0 bridgehead atoms. The lowest BCUT2D eigenvalue weighted by molar-refractivity contribution is 0.304. The van der Waals surface area contributed by atoms with E-state index in [9.17, 15) is 0 Å². The Labute approximate surface area is 131 Å². The Bertz CT molecular complexity index is 774. The Morgan fingerprint density at radius 1 is 1.00 bits per heavy atom. The van der Waals surface area contributed by atoms with Crippen LogP contribution < -0.4 is 9.47 Å². The summed E-state index contributed by atoms with van der Waals surface area (Å²) in [5.74, 6) is 1.63. The number of ether oxygens (including phenoxy) is 2. The second-order valence-electron chi connectivity index (χ2n) is 5.64. The zero-order valence-electron chi connectivity index (χ0n) is 13.2. The van der Waals surface area contributed by atoms with Crippen molar-refractivity contribution in [3.05, 3.63) is 60.3 Å². The van der Waals surface area contributed by atoms with Gasteiger partial charge in [0.05, 0.1) is 7.11 Å². The molecule has 0 saturated carbocycles. The van der Waals surface area contributed by atoms with Gasteiger partial charge in [-0.1, -0.05) is 24.3 Å². The highest BCUT2D eigenvalue weighted by Crippen LogP contribution is 2.26. The van der Waals surface area contributed by atoms with Gasteiger partial charge in [0.15, 0.2) is 0 Å². The summed E-state index contributed by atoms with van der Waals surface area (Å²) in [6, 6.07) is 16.6. The van der Waals surface area contributed by atoms with E-state index in [1.54, 1.807) is 7.11 Å². The third-order valence-electron chi connectivity index (χ3n) is 3.81. The minimum absolute atomic E-state index is 0.426. The molecule has 0 amide bonds. The monoisotopic (exact) mass is 295 g/mol. The summed E-state index contributed by atoms with van der Waals surface area (Å²) < 4.78 is 13.5. The highest BCUT2D eigenvalue weighted by atomic mass is 16.5. The molecule has 114 valence electrons. The van der Waals surface area contributed by atoms with Gasteiger partial charge >= 0.3 is 0 Å². The summed E-state index contributed by atoms with van der Waals surface area (Å²) >= 11 is 0. The number of hydrogen-bond donors (Lipinski definition) is 0. The van der Waals surface area contributed by atoms with Crippen LogP contribution >= 0.6 is 0 Å². The Morgan fingerprint density at radius 3 is 2.55 bits per heavy atom. The van der Waals surface area contributed by atoms with E-state index in [4.69, 9.17) is 9.47 Å². The van der Waals surface area contributed by atoms with E-state index in [0.717, 1.165) is 11.5 Å². The van der Waals surface area contributed by atoms with Crippen LogP contribution in [-0.4, -0.2) is 11.7 Å². The summed E-state index contributed by atoms with van der Waals surface area (Å²) in [6.07, 6.45) is 2.19. The van der Waals surface area contributed by atoms with Gasteiger partial charge < -0.3 is 14.0 Å². The largest absolute Gasteiger partial charge is 0.497 e. The molecule has 0 N–H and O–H groups in total. The fourth-order valence-electron chi connectivity index (χ4n) is 2.67. The first-order valence-corrected chi connectivity index (χ1v) is 7.54. The molecule has 0 spiro atoms. The average Bonchev–Trinajstić information content (AvgIpc) is 2.92. The number of benzene rings is 2. The van der Waals surface area contributed by atoms with E-state index in [1.165, 1.54) is 16.5 Å². The summed E-state index contributed by atoms with van der Waals surface area (Å²) in [5, 5.41) is 1.25. The topological polar surface area (TPSA) is 23.4 Å². The Kier molecular flexibility index (Phi) is 4.05. The van der Waals surface area contributed by atoms with Crippen LogP contribution in [0.5, 0.6) is 11.5 Å². The Hall–Kier alpha value is -2.42. The molecule has 3 heteroatoms. The van der Waals surface area contributed by atoms with Crippen molar-refractivity contribution in [3.8, 4) is 11.5 Å². The maximum Gasteiger partial charge on any atom is 0.123 e. The summed E-state index contributed by atoms with van der Waals surface area (Å²) in [4.78, 5) is 0. The van der Waals surface area contributed by atoms with Crippen molar-refractivity contribution in [2.24, 2.45) is 0 Å². The predicted molar refractivity (Wildman–Crippen MR) is 89.6 cm³/mol. The molecule has 0 aliphatic heterocycles.